The Balaban J connectivity index is 1.69. The van der Waals surface area contributed by atoms with Crippen LogP contribution in [0.15, 0.2) is 61.1 Å². The number of halogens is 1. The van der Waals surface area contributed by atoms with Crippen LogP contribution < -0.4 is 16.8 Å². The number of nitrogens with one attached hydrogen (secondary N) is 1. The first-order valence-electron chi connectivity index (χ1n) is 8.67. The van der Waals surface area contributed by atoms with Gasteiger partial charge in [0.1, 0.15) is 23.1 Å². The van der Waals surface area contributed by atoms with E-state index in [1.807, 2.05) is 6.92 Å². The minimum atomic E-state index is -0.748. The number of anilines is 2. The van der Waals surface area contributed by atoms with Gasteiger partial charge in [0.05, 0.1) is 17.5 Å². The molecule has 1 atom stereocenters. The molecule has 3 aromatic rings. The van der Waals surface area contributed by atoms with Gasteiger partial charge in [-0.15, -0.1) is 0 Å². The molecule has 7 nitrogen and oxygen atoms in total. The summed E-state index contributed by atoms with van der Waals surface area (Å²) in [5, 5.41) is 7.57. The molecule has 0 fully saturated rings. The van der Waals surface area contributed by atoms with Gasteiger partial charge in [0.2, 0.25) is 0 Å². The van der Waals surface area contributed by atoms with E-state index in [0.29, 0.717) is 46.4 Å². The van der Waals surface area contributed by atoms with E-state index in [9.17, 15) is 4.39 Å². The summed E-state index contributed by atoms with van der Waals surface area (Å²) in [6, 6.07) is 8.33. The van der Waals surface area contributed by atoms with Crippen molar-refractivity contribution in [3.05, 3.63) is 78.0 Å². The smallest absolute Gasteiger partial charge is 0.184 e. The molecule has 8 heteroatoms. The van der Waals surface area contributed by atoms with E-state index in [1.165, 1.54) is 6.07 Å². The Hall–Kier alpha value is -3.68. The molecule has 1 unspecified atom stereocenters. The predicted molar refractivity (Wildman–Crippen MR) is 107 cm³/mol. The van der Waals surface area contributed by atoms with Crippen molar-refractivity contribution < 1.29 is 4.39 Å². The van der Waals surface area contributed by atoms with Crippen LogP contribution in [0.2, 0.25) is 0 Å². The molecule has 28 heavy (non-hydrogen) atoms. The van der Waals surface area contributed by atoms with E-state index < -0.39 is 5.41 Å². The van der Waals surface area contributed by atoms with Gasteiger partial charge in [0.15, 0.2) is 5.82 Å². The Bertz CT molecular complexity index is 1120. The number of nitrogens with zero attached hydrogens (tertiary/aromatic N) is 4. The van der Waals surface area contributed by atoms with Crippen molar-refractivity contribution in [1.82, 2.24) is 19.7 Å². The van der Waals surface area contributed by atoms with Gasteiger partial charge in [-0.25, -0.2) is 14.4 Å². The summed E-state index contributed by atoms with van der Waals surface area (Å²) in [5.74, 6) is 0.895. The fourth-order valence-electron chi connectivity index (χ4n) is 3.32. The molecular weight excluding hydrogens is 357 g/mol. The first-order valence-corrected chi connectivity index (χ1v) is 8.67. The first kappa shape index (κ1) is 17.7. The Morgan fingerprint density at radius 1 is 1.29 bits per heavy atom. The van der Waals surface area contributed by atoms with E-state index in [2.05, 4.69) is 33.5 Å². The number of nitrogen functional groups attached to an aromatic ring is 1. The lowest BCUT2D eigenvalue weighted by Crippen LogP contribution is -2.29. The minimum Gasteiger partial charge on any atom is -0.401 e. The van der Waals surface area contributed by atoms with Gasteiger partial charge in [0, 0.05) is 23.2 Å². The van der Waals surface area contributed by atoms with Crippen LogP contribution in [0, 0.1) is 5.82 Å². The second-order valence-corrected chi connectivity index (χ2v) is 6.90. The van der Waals surface area contributed by atoms with Gasteiger partial charge in [-0.3, -0.25) is 4.68 Å². The van der Waals surface area contributed by atoms with Gasteiger partial charge in [0.25, 0.3) is 0 Å². The highest BCUT2D eigenvalue weighted by Crippen LogP contribution is 2.47. The van der Waals surface area contributed by atoms with Crippen LogP contribution in [-0.4, -0.2) is 19.7 Å². The van der Waals surface area contributed by atoms with Crippen molar-refractivity contribution in [3.63, 3.8) is 0 Å². The maximum Gasteiger partial charge on any atom is 0.184 e. The molecule has 3 heterocycles. The Morgan fingerprint density at radius 2 is 2.04 bits per heavy atom. The maximum atomic E-state index is 13.9. The molecule has 0 saturated carbocycles. The molecule has 4 rings (SSSR count). The second-order valence-electron chi connectivity index (χ2n) is 6.90. The van der Waals surface area contributed by atoms with Crippen LogP contribution in [0.4, 0.5) is 16.0 Å². The van der Waals surface area contributed by atoms with E-state index in [1.54, 1.807) is 35.1 Å². The minimum absolute atomic E-state index is 0.276. The van der Waals surface area contributed by atoms with Crippen LogP contribution >= 0.6 is 0 Å². The SMILES string of the molecule is C=C(N)C1(C)C(=C)Nc2nc(-c3ccn(Cc4ccccc4F)n3)nc(N)c21. The average molecular weight is 377 g/mol. The van der Waals surface area contributed by atoms with E-state index >= 15 is 0 Å². The molecule has 2 aromatic heterocycles. The second kappa shape index (κ2) is 6.19. The summed E-state index contributed by atoms with van der Waals surface area (Å²) >= 11 is 0. The lowest BCUT2D eigenvalue weighted by Gasteiger charge is -2.25. The third-order valence-electron chi connectivity index (χ3n) is 5.11. The number of hydrogen-bond donors (Lipinski definition) is 3. The molecule has 0 spiro atoms. The summed E-state index contributed by atoms with van der Waals surface area (Å²) in [5.41, 5.74) is 14.2. The number of benzene rings is 1. The Morgan fingerprint density at radius 3 is 2.75 bits per heavy atom. The maximum absolute atomic E-state index is 13.9. The number of nitrogens with two attached hydrogens (primary N) is 2. The molecule has 142 valence electrons. The van der Waals surface area contributed by atoms with Crippen molar-refractivity contribution in [2.45, 2.75) is 18.9 Å². The molecule has 1 aliphatic rings. The lowest BCUT2D eigenvalue weighted by atomic mass is 9.80. The monoisotopic (exact) mass is 377 g/mol. The van der Waals surface area contributed by atoms with Crippen molar-refractivity contribution in [2.24, 2.45) is 5.73 Å². The fraction of sp³-hybridized carbons (Fsp3) is 0.150. The standard InChI is InChI=1S/C20H20FN7/c1-11(22)20(3)12(2)24-19-16(20)17(23)25-18(26-19)15-8-9-28(27-15)10-13-6-4-5-7-14(13)21/h4-9H,1-2,10,22H2,3H3,(H3,23,24,25,26). The molecule has 1 aliphatic heterocycles. The molecule has 0 amide bonds. The topological polar surface area (TPSA) is 108 Å². The summed E-state index contributed by atoms with van der Waals surface area (Å²) in [7, 11) is 0. The van der Waals surface area contributed by atoms with Crippen LogP contribution in [-0.2, 0) is 12.0 Å². The fourth-order valence-corrected chi connectivity index (χ4v) is 3.32. The Kier molecular flexibility index (Phi) is 3.92. The third-order valence-corrected chi connectivity index (χ3v) is 5.11. The van der Waals surface area contributed by atoms with Crippen molar-refractivity contribution >= 4 is 11.6 Å². The average Bonchev–Trinajstić information content (AvgIpc) is 3.21. The summed E-state index contributed by atoms with van der Waals surface area (Å²) in [6.45, 7) is 10.0. The van der Waals surface area contributed by atoms with Crippen LogP contribution in [0.1, 0.15) is 18.1 Å². The molecular formula is C20H20FN7. The number of fused-ring (bicyclic) bond motifs is 1. The van der Waals surface area contributed by atoms with Crippen molar-refractivity contribution in [2.75, 3.05) is 11.1 Å². The van der Waals surface area contributed by atoms with Crippen LogP contribution in [0.25, 0.3) is 11.5 Å². The van der Waals surface area contributed by atoms with E-state index in [-0.39, 0.29) is 11.6 Å². The molecule has 0 radical (unpaired) electrons. The lowest BCUT2D eigenvalue weighted by molar-refractivity contribution is 0.585. The Labute approximate surface area is 161 Å². The van der Waals surface area contributed by atoms with E-state index in [0.717, 1.165) is 0 Å². The quantitative estimate of drug-likeness (QED) is 0.645. The van der Waals surface area contributed by atoms with Gasteiger partial charge in [-0.2, -0.15) is 5.10 Å². The molecule has 0 aliphatic carbocycles. The third kappa shape index (κ3) is 2.61. The first-order chi connectivity index (χ1) is 13.3. The predicted octanol–water partition coefficient (Wildman–Crippen LogP) is 2.78. The normalized spacial score (nSPS) is 18.0. The van der Waals surface area contributed by atoms with Gasteiger partial charge >= 0.3 is 0 Å². The highest BCUT2D eigenvalue weighted by atomic mass is 19.1. The van der Waals surface area contributed by atoms with Crippen molar-refractivity contribution in [3.8, 4) is 11.5 Å². The molecule has 0 bridgehead atoms. The summed E-state index contributed by atoms with van der Waals surface area (Å²) in [4.78, 5) is 8.95. The molecule has 0 saturated heterocycles. The zero-order valence-electron chi connectivity index (χ0n) is 15.4. The van der Waals surface area contributed by atoms with Gasteiger partial charge < -0.3 is 16.8 Å². The highest BCUT2D eigenvalue weighted by Gasteiger charge is 2.43. The largest absolute Gasteiger partial charge is 0.401 e. The van der Waals surface area contributed by atoms with Crippen LogP contribution in [0.5, 0.6) is 0 Å². The zero-order valence-corrected chi connectivity index (χ0v) is 15.4. The highest BCUT2D eigenvalue weighted by molar-refractivity contribution is 5.75. The van der Waals surface area contributed by atoms with Crippen molar-refractivity contribution in [1.29, 1.82) is 0 Å². The summed E-state index contributed by atoms with van der Waals surface area (Å²) in [6.07, 6.45) is 1.74. The molecule has 5 N–H and O–H groups in total. The van der Waals surface area contributed by atoms with Gasteiger partial charge in [-0.1, -0.05) is 31.4 Å². The van der Waals surface area contributed by atoms with Gasteiger partial charge in [-0.05, 0) is 19.1 Å². The number of aromatic nitrogens is 4. The molecule has 1 aromatic carbocycles. The zero-order chi connectivity index (χ0) is 20.1. The number of hydrogen-bond acceptors (Lipinski definition) is 6. The van der Waals surface area contributed by atoms with E-state index in [4.69, 9.17) is 11.5 Å². The van der Waals surface area contributed by atoms with Crippen LogP contribution in [0.3, 0.4) is 0 Å². The summed E-state index contributed by atoms with van der Waals surface area (Å²) < 4.78 is 15.5. The number of rotatable bonds is 4.